The first kappa shape index (κ1) is 26.9. The molecule has 0 spiro atoms. The molecule has 6 aromatic rings. The fourth-order valence-electron chi connectivity index (χ4n) is 5.17. The van der Waals surface area contributed by atoms with Gasteiger partial charge in [-0.05, 0) is 29.9 Å². The molecule has 0 aliphatic rings. The molecule has 0 bridgehead atoms. The molecule has 6 rings (SSSR count). The number of rotatable bonds is 7. The van der Waals surface area contributed by atoms with Crippen molar-refractivity contribution in [1.82, 2.24) is 0 Å². The quantitative estimate of drug-likeness (QED) is 0.197. The minimum absolute atomic E-state index is 0.190. The van der Waals surface area contributed by atoms with E-state index in [2.05, 4.69) is 91.0 Å². The highest BCUT2D eigenvalue weighted by Gasteiger charge is 2.30. The van der Waals surface area contributed by atoms with Crippen molar-refractivity contribution in [1.29, 1.82) is 0 Å². The zero-order valence-electron chi connectivity index (χ0n) is 22.5. The summed E-state index contributed by atoms with van der Waals surface area (Å²) in [6.07, 6.45) is 0. The van der Waals surface area contributed by atoms with Crippen molar-refractivity contribution in [2.45, 2.75) is 0 Å². The second-order valence-electron chi connectivity index (χ2n) is 9.57. The molecule has 2 nitrogen and oxygen atoms in total. The molecule has 4 heteroatoms. The van der Waals surface area contributed by atoms with Crippen LogP contribution in [0.1, 0.15) is 10.4 Å². The number of benzene rings is 6. The molecule has 0 heterocycles. The summed E-state index contributed by atoms with van der Waals surface area (Å²) in [5, 5.41) is 6.57. The van der Waals surface area contributed by atoms with Crippen molar-refractivity contribution in [2.75, 3.05) is 0 Å². The normalized spacial score (nSPS) is 11.2. The van der Waals surface area contributed by atoms with Crippen molar-refractivity contribution in [3.05, 3.63) is 181 Å². The van der Waals surface area contributed by atoms with Gasteiger partial charge in [0, 0.05) is 21.5 Å². The second kappa shape index (κ2) is 12.4. The molecular formula is C37H29NOP2. The summed E-state index contributed by atoms with van der Waals surface area (Å²) in [6, 6.07) is 59.9. The predicted octanol–water partition coefficient (Wildman–Crippen LogP) is 6.76. The number of hydrogen-bond acceptors (Lipinski definition) is 1. The lowest BCUT2D eigenvalue weighted by atomic mass is 10.2. The van der Waals surface area contributed by atoms with Crippen LogP contribution in [-0.2, 0) is 0 Å². The van der Waals surface area contributed by atoms with E-state index in [0.717, 1.165) is 21.2 Å². The maximum Gasteiger partial charge on any atom is 0.277 e. The van der Waals surface area contributed by atoms with Gasteiger partial charge in [0.05, 0.1) is 7.05 Å². The van der Waals surface area contributed by atoms with Gasteiger partial charge in [0.1, 0.15) is 0 Å². The van der Waals surface area contributed by atoms with E-state index < -0.39 is 15.0 Å². The topological polar surface area (TPSA) is 29.4 Å². The molecule has 0 unspecified atom stereocenters. The summed E-state index contributed by atoms with van der Waals surface area (Å²) in [6.45, 7) is 0. The highest BCUT2D eigenvalue weighted by molar-refractivity contribution is 7.87. The Bertz CT molecular complexity index is 1650. The Morgan fingerprint density at radius 3 is 1.20 bits per heavy atom. The van der Waals surface area contributed by atoms with Crippen LogP contribution < -0.4 is 31.8 Å². The molecule has 0 radical (unpaired) electrons. The summed E-state index contributed by atoms with van der Waals surface area (Å²) < 4.78 is 5.30. The van der Waals surface area contributed by atoms with Gasteiger partial charge in [0.15, 0.2) is 0 Å². The van der Waals surface area contributed by atoms with Gasteiger partial charge in [-0.1, -0.05) is 170 Å². The third kappa shape index (κ3) is 5.50. The molecule has 0 aliphatic carbocycles. The molecule has 0 N–H and O–H groups in total. The van der Waals surface area contributed by atoms with Crippen LogP contribution in [0.4, 0.5) is 0 Å². The first-order chi connectivity index (χ1) is 20.3. The molecule has 0 saturated carbocycles. The molecule has 41 heavy (non-hydrogen) atoms. The maximum absolute atomic E-state index is 14.6. The van der Waals surface area contributed by atoms with E-state index in [9.17, 15) is 4.79 Å². The van der Waals surface area contributed by atoms with Crippen LogP contribution in [-0.4, -0.2) is 5.91 Å². The summed E-state index contributed by atoms with van der Waals surface area (Å²) in [7, 11) is -3.66. The zero-order chi connectivity index (χ0) is 27.9. The van der Waals surface area contributed by atoms with Gasteiger partial charge in [-0.2, -0.15) is 0 Å². The van der Waals surface area contributed by atoms with Crippen LogP contribution in [0.25, 0.3) is 0 Å². The highest BCUT2D eigenvalue weighted by atomic mass is 31.2. The van der Waals surface area contributed by atoms with Crippen LogP contribution in [0.15, 0.2) is 181 Å². The highest BCUT2D eigenvalue weighted by Crippen LogP contribution is 2.47. The Hall–Kier alpha value is -4.35. The number of carbonyl (C=O) groups is 1. The van der Waals surface area contributed by atoms with E-state index >= 15 is 0 Å². The Labute approximate surface area is 243 Å². The van der Waals surface area contributed by atoms with Crippen LogP contribution in [0.3, 0.4) is 0 Å². The van der Waals surface area contributed by atoms with Crippen LogP contribution in [0, 0.1) is 0 Å². The first-order valence-electron chi connectivity index (χ1n) is 13.6. The number of amides is 1. The van der Waals surface area contributed by atoms with E-state index in [-0.39, 0.29) is 5.91 Å². The van der Waals surface area contributed by atoms with Crippen molar-refractivity contribution < 1.29 is 4.79 Å². The summed E-state index contributed by atoms with van der Waals surface area (Å²) >= 11 is 0. The van der Waals surface area contributed by atoms with E-state index in [1.807, 2.05) is 84.9 Å². The molecule has 198 valence electrons. The maximum atomic E-state index is 14.6. The van der Waals surface area contributed by atoms with Crippen molar-refractivity contribution in [3.8, 4) is 0 Å². The number of carbonyl (C=O) groups excluding carboxylic acids is 1. The third-order valence-electron chi connectivity index (χ3n) is 7.03. The minimum Gasteiger partial charge on any atom is -0.267 e. The second-order valence-corrected chi connectivity index (χ2v) is 14.8. The third-order valence-corrected chi connectivity index (χ3v) is 13.2. The predicted molar refractivity (Wildman–Crippen MR) is 177 cm³/mol. The van der Waals surface area contributed by atoms with Gasteiger partial charge in [0.2, 0.25) is 0 Å². The molecule has 0 aromatic heterocycles. The molecule has 6 aromatic carbocycles. The smallest absolute Gasteiger partial charge is 0.267 e. The van der Waals surface area contributed by atoms with Gasteiger partial charge >= 0.3 is 0 Å². The van der Waals surface area contributed by atoms with Gasteiger partial charge in [-0.25, -0.2) is 4.74 Å². The lowest BCUT2D eigenvalue weighted by Crippen LogP contribution is -2.28. The van der Waals surface area contributed by atoms with Gasteiger partial charge in [0.25, 0.3) is 5.91 Å². The Morgan fingerprint density at radius 1 is 0.439 bits per heavy atom. The SMILES string of the molecule is O=C(N=P(c1ccccc1)(c1ccccc1)c1ccccc1)c1ccccc1P(c1ccccc1)c1ccccc1. The minimum atomic E-state index is -2.69. The standard InChI is InChI=1S/C37H29NOP2/c39-37(35-28-16-17-29-36(35)40(30-18-6-1-7-19-30)31-20-8-2-9-21-31)38-41(32-22-10-3-11-23-32,33-24-12-4-13-25-33)34-26-14-5-15-27-34/h1-29H. The molecule has 1 amide bonds. The Morgan fingerprint density at radius 2 is 0.780 bits per heavy atom. The monoisotopic (exact) mass is 565 g/mol. The van der Waals surface area contributed by atoms with E-state index in [4.69, 9.17) is 4.74 Å². The lowest BCUT2D eigenvalue weighted by molar-refractivity contribution is 0.101. The van der Waals surface area contributed by atoms with E-state index in [1.165, 1.54) is 10.6 Å². The van der Waals surface area contributed by atoms with E-state index in [0.29, 0.717) is 5.56 Å². The number of nitrogens with zero attached hydrogens (tertiary/aromatic N) is 1. The van der Waals surface area contributed by atoms with Crippen molar-refractivity contribution in [2.24, 2.45) is 4.74 Å². The zero-order valence-corrected chi connectivity index (χ0v) is 24.3. The fourth-order valence-corrected chi connectivity index (χ4v) is 11.0. The summed E-state index contributed by atoms with van der Waals surface area (Å²) in [5.41, 5.74) is 0.651. The number of hydrogen-bond donors (Lipinski definition) is 0. The average molecular weight is 566 g/mol. The Kier molecular flexibility index (Phi) is 8.15. The summed E-state index contributed by atoms with van der Waals surface area (Å²) in [5.74, 6) is -0.190. The lowest BCUT2D eigenvalue weighted by Gasteiger charge is -2.27. The van der Waals surface area contributed by atoms with Gasteiger partial charge < -0.3 is 0 Å². The summed E-state index contributed by atoms with van der Waals surface area (Å²) in [4.78, 5) is 14.6. The molecule has 0 fully saturated rings. The van der Waals surface area contributed by atoms with Crippen LogP contribution in [0.5, 0.6) is 0 Å². The average Bonchev–Trinajstić information content (AvgIpc) is 3.06. The Balaban J connectivity index is 1.62. The molecule has 0 saturated heterocycles. The van der Waals surface area contributed by atoms with Crippen molar-refractivity contribution >= 4 is 52.7 Å². The largest absolute Gasteiger partial charge is 0.277 e. The molecular weight excluding hydrogens is 536 g/mol. The van der Waals surface area contributed by atoms with Gasteiger partial charge in [-0.15, -0.1) is 0 Å². The van der Waals surface area contributed by atoms with Crippen molar-refractivity contribution in [3.63, 3.8) is 0 Å². The molecule has 0 aliphatic heterocycles. The first-order valence-corrected chi connectivity index (χ1v) is 16.7. The van der Waals surface area contributed by atoms with Gasteiger partial charge in [-0.3, -0.25) is 4.79 Å². The fraction of sp³-hybridized carbons (Fsp3) is 0. The molecule has 0 atom stereocenters. The van der Waals surface area contributed by atoms with Crippen LogP contribution in [0.2, 0.25) is 0 Å². The van der Waals surface area contributed by atoms with E-state index in [1.54, 1.807) is 0 Å². The van der Waals surface area contributed by atoms with Crippen LogP contribution >= 0.6 is 15.0 Å².